The van der Waals surface area contributed by atoms with Gasteiger partial charge < -0.3 is 14.5 Å². The maximum Gasteiger partial charge on any atom is 0.340 e. The van der Waals surface area contributed by atoms with Gasteiger partial charge in [-0.2, -0.15) is 0 Å². The smallest absolute Gasteiger partial charge is 0.340 e. The van der Waals surface area contributed by atoms with E-state index in [1.54, 1.807) is 6.07 Å². The molecule has 2 aliphatic rings. The minimum atomic E-state index is -3.93. The Morgan fingerprint density at radius 3 is 2.36 bits per heavy atom. The summed E-state index contributed by atoms with van der Waals surface area (Å²) in [5.74, 6) is 0.0896. The number of hydrogen-bond donors (Lipinski definition) is 1. The molecule has 0 atom stereocenters. The van der Waals surface area contributed by atoms with Crippen LogP contribution in [0.4, 0.5) is 5.69 Å². The number of carbonyl (C=O) groups excluding carboxylic acids is 2. The van der Waals surface area contributed by atoms with E-state index in [-0.39, 0.29) is 16.4 Å². The summed E-state index contributed by atoms with van der Waals surface area (Å²) in [6, 6.07) is 4.20. The first kappa shape index (κ1) is 20.6. The van der Waals surface area contributed by atoms with Crippen molar-refractivity contribution in [2.75, 3.05) is 38.2 Å². The van der Waals surface area contributed by atoms with E-state index in [1.807, 2.05) is 9.80 Å². The molecule has 0 bridgehead atoms. The van der Waals surface area contributed by atoms with Crippen LogP contribution in [-0.2, 0) is 19.6 Å². The van der Waals surface area contributed by atoms with Gasteiger partial charge >= 0.3 is 5.97 Å². The van der Waals surface area contributed by atoms with Gasteiger partial charge in [-0.1, -0.05) is 12.8 Å². The largest absolute Gasteiger partial charge is 0.465 e. The summed E-state index contributed by atoms with van der Waals surface area (Å²) in [4.78, 5) is 28.4. The summed E-state index contributed by atoms with van der Waals surface area (Å²) in [5.41, 5.74) is 0.738. The molecule has 1 aromatic rings. The van der Waals surface area contributed by atoms with E-state index in [0.29, 0.717) is 44.2 Å². The minimum absolute atomic E-state index is 0.137. The molecular weight excluding hydrogens is 382 g/mol. The lowest BCUT2D eigenvalue weighted by molar-refractivity contribution is -0.132. The standard InChI is InChI=1S/C19H27N3O5S/c1-27-19(24)16-13-15(28(20,25)26)6-7-17(16)21-8-10-22(11-9-21)18(23)12-14-4-2-3-5-14/h6-7,13-14H,2-5,8-12H2,1H3,(H2,20,25,26). The zero-order chi connectivity index (χ0) is 20.3. The number of amides is 1. The molecule has 3 rings (SSSR count). The van der Waals surface area contributed by atoms with Crippen molar-refractivity contribution in [3.8, 4) is 0 Å². The topological polar surface area (TPSA) is 110 Å². The van der Waals surface area contributed by atoms with Crippen molar-refractivity contribution >= 4 is 27.6 Å². The monoisotopic (exact) mass is 409 g/mol. The van der Waals surface area contributed by atoms with Crippen LogP contribution in [0.1, 0.15) is 42.5 Å². The van der Waals surface area contributed by atoms with E-state index < -0.39 is 16.0 Å². The Bertz CT molecular complexity index is 841. The van der Waals surface area contributed by atoms with Crippen molar-refractivity contribution in [1.82, 2.24) is 4.90 Å². The third-order valence-corrected chi connectivity index (χ3v) is 6.52. The number of benzene rings is 1. The second-order valence-electron chi connectivity index (χ2n) is 7.44. The van der Waals surface area contributed by atoms with Crippen LogP contribution < -0.4 is 10.0 Å². The Hall–Kier alpha value is -2.13. The van der Waals surface area contributed by atoms with Crippen molar-refractivity contribution in [3.63, 3.8) is 0 Å². The lowest BCUT2D eigenvalue weighted by Crippen LogP contribution is -2.49. The molecule has 8 nitrogen and oxygen atoms in total. The second-order valence-corrected chi connectivity index (χ2v) is 9.00. The third-order valence-electron chi connectivity index (χ3n) is 5.61. The van der Waals surface area contributed by atoms with Crippen molar-refractivity contribution in [2.24, 2.45) is 11.1 Å². The number of rotatable bonds is 5. The molecule has 0 radical (unpaired) electrons. The van der Waals surface area contributed by atoms with Crippen LogP contribution in [0.3, 0.4) is 0 Å². The first-order valence-electron chi connectivity index (χ1n) is 9.57. The fourth-order valence-corrected chi connectivity index (χ4v) is 4.57. The van der Waals surface area contributed by atoms with Gasteiger partial charge in [0.05, 0.1) is 23.3 Å². The van der Waals surface area contributed by atoms with E-state index in [1.165, 1.54) is 32.1 Å². The SMILES string of the molecule is COC(=O)c1cc(S(N)(=O)=O)ccc1N1CCN(C(=O)CC2CCCC2)CC1. The molecule has 1 saturated carbocycles. The second kappa shape index (κ2) is 8.48. The Morgan fingerprint density at radius 2 is 1.79 bits per heavy atom. The van der Waals surface area contributed by atoms with Crippen molar-refractivity contribution < 1.29 is 22.7 Å². The van der Waals surface area contributed by atoms with Gasteiger partial charge in [-0.05, 0) is 37.0 Å². The molecule has 0 unspecified atom stereocenters. The average molecular weight is 410 g/mol. The number of ether oxygens (including phenoxy) is 1. The average Bonchev–Trinajstić information content (AvgIpc) is 3.19. The molecule has 0 aromatic heterocycles. The molecule has 1 aliphatic heterocycles. The maximum absolute atomic E-state index is 12.5. The lowest BCUT2D eigenvalue weighted by Gasteiger charge is -2.37. The number of sulfonamides is 1. The molecular formula is C19H27N3O5S. The highest BCUT2D eigenvalue weighted by Gasteiger charge is 2.27. The Labute approximate surface area is 165 Å². The zero-order valence-corrected chi connectivity index (χ0v) is 16.9. The van der Waals surface area contributed by atoms with E-state index in [4.69, 9.17) is 9.88 Å². The summed E-state index contributed by atoms with van der Waals surface area (Å²) in [6.07, 6.45) is 5.35. The molecule has 28 heavy (non-hydrogen) atoms. The molecule has 9 heteroatoms. The number of nitrogens with two attached hydrogens (primary N) is 1. The summed E-state index contributed by atoms with van der Waals surface area (Å²) < 4.78 is 28.0. The van der Waals surface area contributed by atoms with Gasteiger partial charge in [-0.15, -0.1) is 0 Å². The molecule has 1 saturated heterocycles. The summed E-state index contributed by atoms with van der Waals surface area (Å²) in [5, 5.41) is 5.18. The van der Waals surface area contributed by atoms with Gasteiger partial charge in [0.2, 0.25) is 15.9 Å². The highest BCUT2D eigenvalue weighted by atomic mass is 32.2. The van der Waals surface area contributed by atoms with Gasteiger partial charge in [-0.25, -0.2) is 18.4 Å². The lowest BCUT2D eigenvalue weighted by atomic mass is 10.0. The summed E-state index contributed by atoms with van der Waals surface area (Å²) >= 11 is 0. The van der Waals surface area contributed by atoms with E-state index in [9.17, 15) is 18.0 Å². The molecule has 1 aromatic carbocycles. The van der Waals surface area contributed by atoms with E-state index in [2.05, 4.69) is 0 Å². The van der Waals surface area contributed by atoms with Crippen molar-refractivity contribution in [3.05, 3.63) is 23.8 Å². The van der Waals surface area contributed by atoms with Gasteiger partial charge in [0.15, 0.2) is 0 Å². The van der Waals surface area contributed by atoms with Crippen molar-refractivity contribution in [2.45, 2.75) is 37.0 Å². The third kappa shape index (κ3) is 4.64. The molecule has 1 heterocycles. The predicted octanol–water partition coefficient (Wildman–Crippen LogP) is 1.35. The van der Waals surface area contributed by atoms with Crippen LogP contribution in [0.25, 0.3) is 0 Å². The fraction of sp³-hybridized carbons (Fsp3) is 0.579. The molecule has 154 valence electrons. The Morgan fingerprint density at radius 1 is 1.14 bits per heavy atom. The normalized spacial score (nSPS) is 18.4. The number of nitrogens with zero attached hydrogens (tertiary/aromatic N) is 2. The van der Waals surface area contributed by atoms with Crippen molar-refractivity contribution in [1.29, 1.82) is 0 Å². The van der Waals surface area contributed by atoms with Gasteiger partial charge in [0.1, 0.15) is 0 Å². The van der Waals surface area contributed by atoms with Crippen LogP contribution in [0, 0.1) is 5.92 Å². The van der Waals surface area contributed by atoms with Crippen LogP contribution >= 0.6 is 0 Å². The van der Waals surface area contributed by atoms with Gasteiger partial charge in [-0.3, -0.25) is 4.79 Å². The number of hydrogen-bond acceptors (Lipinski definition) is 6. The Kier molecular flexibility index (Phi) is 6.24. The number of anilines is 1. The summed E-state index contributed by atoms with van der Waals surface area (Å²) in [7, 11) is -2.68. The van der Waals surface area contributed by atoms with Crippen LogP contribution in [0.5, 0.6) is 0 Å². The van der Waals surface area contributed by atoms with Crippen LogP contribution in [0.15, 0.2) is 23.1 Å². The number of esters is 1. The van der Waals surface area contributed by atoms with Crippen LogP contribution in [0.2, 0.25) is 0 Å². The zero-order valence-electron chi connectivity index (χ0n) is 16.1. The molecule has 1 aliphatic carbocycles. The molecule has 0 spiro atoms. The maximum atomic E-state index is 12.5. The van der Waals surface area contributed by atoms with Crippen LogP contribution in [-0.4, -0.2) is 58.5 Å². The number of carbonyl (C=O) groups is 2. The first-order valence-corrected chi connectivity index (χ1v) is 11.1. The van der Waals surface area contributed by atoms with E-state index in [0.717, 1.165) is 12.8 Å². The number of piperazine rings is 1. The minimum Gasteiger partial charge on any atom is -0.465 e. The highest BCUT2D eigenvalue weighted by Crippen LogP contribution is 2.29. The fourth-order valence-electron chi connectivity index (χ4n) is 4.03. The highest BCUT2D eigenvalue weighted by molar-refractivity contribution is 7.89. The number of methoxy groups -OCH3 is 1. The summed E-state index contributed by atoms with van der Waals surface area (Å²) in [6.45, 7) is 2.27. The first-order chi connectivity index (χ1) is 13.3. The molecule has 1 amide bonds. The Balaban J connectivity index is 1.71. The predicted molar refractivity (Wildman–Crippen MR) is 105 cm³/mol. The quantitative estimate of drug-likeness (QED) is 0.735. The molecule has 2 fully saturated rings. The van der Waals surface area contributed by atoms with Gasteiger partial charge in [0, 0.05) is 32.6 Å². The van der Waals surface area contributed by atoms with Gasteiger partial charge in [0.25, 0.3) is 0 Å². The van der Waals surface area contributed by atoms with E-state index >= 15 is 0 Å². The number of primary sulfonamides is 1. The molecule has 2 N–H and O–H groups in total.